The molecule has 2 aliphatic rings. The lowest BCUT2D eigenvalue weighted by molar-refractivity contribution is -0.145. The number of aliphatic imine (C=N–C) groups is 1. The molecule has 0 amide bonds. The summed E-state index contributed by atoms with van der Waals surface area (Å²) >= 11 is 1.64. The van der Waals surface area contributed by atoms with E-state index in [9.17, 15) is 28.8 Å². The lowest BCUT2D eigenvalue weighted by Crippen LogP contribution is -2.30. The van der Waals surface area contributed by atoms with Crippen LogP contribution in [0.5, 0.6) is 34.5 Å². The third-order valence-electron chi connectivity index (χ3n) is 11.8. The number of para-hydroxylation sites is 1. The number of benzene rings is 4. The minimum atomic E-state index is -0.600. The normalized spacial score (nSPS) is 18.5. The second kappa shape index (κ2) is 22.8. The Labute approximate surface area is 391 Å². The maximum Gasteiger partial charge on any atom is 0.335 e. The van der Waals surface area contributed by atoms with E-state index < -0.39 is 59.5 Å². The number of carbonyl (C=O) groups excluding carboxylic acids is 6. The molecule has 4 aromatic carbocycles. The van der Waals surface area contributed by atoms with Gasteiger partial charge in [0.15, 0.2) is 0 Å². The lowest BCUT2D eigenvalue weighted by Gasteiger charge is -2.26. The summed E-state index contributed by atoms with van der Waals surface area (Å²) in [7, 11) is 0. The Bertz CT molecular complexity index is 2610. The molecule has 5 aromatic rings. The zero-order valence-electron chi connectivity index (χ0n) is 37.0. The van der Waals surface area contributed by atoms with E-state index >= 15 is 0 Å². The molecule has 0 radical (unpaired) electrons. The highest BCUT2D eigenvalue weighted by Crippen LogP contribution is 2.35. The van der Waals surface area contributed by atoms with Crippen LogP contribution in [-0.2, 0) is 28.8 Å². The van der Waals surface area contributed by atoms with Crippen molar-refractivity contribution in [1.82, 2.24) is 4.98 Å². The molecule has 0 bridgehead atoms. The van der Waals surface area contributed by atoms with Crippen LogP contribution in [0, 0.1) is 23.7 Å². The maximum absolute atomic E-state index is 13.7. The van der Waals surface area contributed by atoms with E-state index in [4.69, 9.17) is 38.4 Å². The molecule has 67 heavy (non-hydrogen) atoms. The van der Waals surface area contributed by atoms with Crippen LogP contribution in [0.25, 0.3) is 10.2 Å². The third-order valence-corrected chi connectivity index (χ3v) is 13.0. The number of nitrogens with zero attached hydrogens (tertiary/aromatic N) is 2. The second-order valence-electron chi connectivity index (χ2n) is 16.3. The van der Waals surface area contributed by atoms with Crippen LogP contribution < -0.4 is 28.4 Å². The molecule has 7 rings (SSSR count). The molecule has 0 spiro atoms. The van der Waals surface area contributed by atoms with Gasteiger partial charge >= 0.3 is 35.8 Å². The molecule has 15 heteroatoms. The number of fused-ring (bicyclic) bond motifs is 1. The zero-order valence-corrected chi connectivity index (χ0v) is 37.8. The highest BCUT2D eigenvalue weighted by atomic mass is 32.1. The first-order chi connectivity index (χ1) is 32.5. The van der Waals surface area contributed by atoms with E-state index in [-0.39, 0.29) is 23.2 Å². The van der Waals surface area contributed by atoms with Gasteiger partial charge in [-0.1, -0.05) is 32.2 Å². The van der Waals surface area contributed by atoms with Crippen molar-refractivity contribution in [2.45, 2.75) is 70.6 Å². The molecule has 14 nitrogen and oxygen atoms in total. The van der Waals surface area contributed by atoms with Crippen molar-refractivity contribution in [1.29, 1.82) is 0 Å². The van der Waals surface area contributed by atoms with Gasteiger partial charge in [0.25, 0.3) is 0 Å². The van der Waals surface area contributed by atoms with Gasteiger partial charge in [-0.3, -0.25) is 24.2 Å². The molecule has 0 N–H and O–H groups in total. The van der Waals surface area contributed by atoms with E-state index in [2.05, 4.69) is 20.1 Å². The van der Waals surface area contributed by atoms with Crippen molar-refractivity contribution in [3.63, 3.8) is 0 Å². The summed E-state index contributed by atoms with van der Waals surface area (Å²) in [5.74, 6) is -2.89. The predicted octanol–water partition coefficient (Wildman–Crippen LogP) is 9.73. The number of carbonyl (C=O) groups is 6. The van der Waals surface area contributed by atoms with E-state index in [0.29, 0.717) is 80.7 Å². The molecule has 2 saturated carbocycles. The fourth-order valence-corrected chi connectivity index (χ4v) is 9.04. The number of thiazole rings is 1. The summed E-state index contributed by atoms with van der Waals surface area (Å²) in [6.45, 7) is 9.24. The fraction of sp³-hybridized carbons (Fsp3) is 0.308. The number of hydrogen-bond donors (Lipinski definition) is 0. The van der Waals surface area contributed by atoms with E-state index in [1.54, 1.807) is 35.8 Å². The Morgan fingerprint density at radius 2 is 1.01 bits per heavy atom. The minimum Gasteiger partial charge on any atom is -0.426 e. The van der Waals surface area contributed by atoms with Crippen LogP contribution >= 0.6 is 11.3 Å². The first-order valence-corrected chi connectivity index (χ1v) is 23.0. The first kappa shape index (κ1) is 47.7. The van der Waals surface area contributed by atoms with Crippen molar-refractivity contribution in [3.8, 4) is 34.5 Å². The van der Waals surface area contributed by atoms with Crippen molar-refractivity contribution < 1.29 is 57.2 Å². The Hall–Kier alpha value is -7.26. The fourth-order valence-electron chi connectivity index (χ4n) is 7.90. The number of aromatic nitrogens is 1. The molecule has 1 atom stereocenters. The van der Waals surface area contributed by atoms with Crippen LogP contribution in [-0.4, -0.2) is 53.6 Å². The van der Waals surface area contributed by atoms with Gasteiger partial charge in [-0.25, -0.2) is 14.6 Å². The van der Waals surface area contributed by atoms with E-state index in [0.717, 1.165) is 33.8 Å². The monoisotopic (exact) mass is 926 g/mol. The van der Waals surface area contributed by atoms with Gasteiger partial charge in [0.1, 0.15) is 34.5 Å². The average molecular weight is 927 g/mol. The summed E-state index contributed by atoms with van der Waals surface area (Å²) in [4.78, 5) is 85.7. The molecule has 1 heterocycles. The smallest absolute Gasteiger partial charge is 0.335 e. The largest absolute Gasteiger partial charge is 0.426 e. The summed E-state index contributed by atoms with van der Waals surface area (Å²) < 4.78 is 34.3. The number of hydrogen-bond acceptors (Lipinski definition) is 15. The van der Waals surface area contributed by atoms with Crippen molar-refractivity contribution in [2.24, 2.45) is 28.7 Å². The molecule has 346 valence electrons. The van der Waals surface area contributed by atoms with Gasteiger partial charge in [0.05, 0.1) is 38.9 Å². The Morgan fingerprint density at radius 1 is 0.597 bits per heavy atom. The van der Waals surface area contributed by atoms with E-state index in [1.165, 1.54) is 48.5 Å². The standard InChI is InChI=1S/C52H50N2O12S/c1-4-32(48-54-43-9-7-8-10-45(43)67-48)30-53-31-37-29-42(65-51(59)35-13-11-33(12-14-35)49(57)63-40-23-19-38(20-24-40)61-46(55)5-2)27-28-44(37)66-52(60)36-17-15-34(16-18-36)50(58)64-41-25-21-39(22-26-41)62-47(56)6-3/h5-10,19-29,31-36H,2-4,11-18,30H2,1H3. The number of ether oxygens (including phenoxy) is 6. The van der Waals surface area contributed by atoms with E-state index in [1.807, 2.05) is 24.3 Å². The molecular formula is C52H50N2O12S. The van der Waals surface area contributed by atoms with Gasteiger partial charge in [-0.2, -0.15) is 0 Å². The van der Waals surface area contributed by atoms with Crippen molar-refractivity contribution >= 4 is 63.6 Å². The third kappa shape index (κ3) is 13.0. The predicted molar refractivity (Wildman–Crippen MR) is 250 cm³/mol. The van der Waals surface area contributed by atoms with Gasteiger partial charge < -0.3 is 28.4 Å². The first-order valence-electron chi connectivity index (χ1n) is 22.2. The highest BCUT2D eigenvalue weighted by Gasteiger charge is 2.34. The minimum absolute atomic E-state index is 0.0471. The lowest BCUT2D eigenvalue weighted by atomic mass is 9.82. The summed E-state index contributed by atoms with van der Waals surface area (Å²) in [6, 6.07) is 25.0. The summed E-state index contributed by atoms with van der Waals surface area (Å²) in [6.07, 6.45) is 7.91. The van der Waals surface area contributed by atoms with Gasteiger partial charge in [-0.05, 0) is 137 Å². The van der Waals surface area contributed by atoms with Crippen molar-refractivity contribution in [3.05, 3.63) is 127 Å². The van der Waals surface area contributed by atoms with Gasteiger partial charge in [0, 0.05) is 36.4 Å². The Kier molecular flexibility index (Phi) is 16.2. The Morgan fingerprint density at radius 3 is 1.46 bits per heavy atom. The average Bonchev–Trinajstić information content (AvgIpc) is 3.79. The van der Waals surface area contributed by atoms with Crippen LogP contribution in [0.1, 0.15) is 81.2 Å². The number of rotatable bonds is 17. The SMILES string of the molecule is C=CC(=O)Oc1ccc(OC(=O)C2CCC(C(=O)Oc3ccc(OC(=O)C4CCC(C(=O)Oc5ccc(OC(=O)C=C)cc5)CC4)c(C=NCC(CC)c4nc5ccccc5s4)c3)CC2)cc1. The molecule has 2 aliphatic carbocycles. The summed E-state index contributed by atoms with van der Waals surface area (Å²) in [5, 5.41) is 0.976. The van der Waals surface area contributed by atoms with Gasteiger partial charge in [-0.15, -0.1) is 11.3 Å². The van der Waals surface area contributed by atoms with Crippen LogP contribution in [0.3, 0.4) is 0 Å². The highest BCUT2D eigenvalue weighted by molar-refractivity contribution is 7.18. The van der Waals surface area contributed by atoms with Crippen molar-refractivity contribution in [2.75, 3.05) is 6.54 Å². The molecule has 0 aliphatic heterocycles. The Balaban J connectivity index is 0.965. The summed E-state index contributed by atoms with van der Waals surface area (Å²) in [5.41, 5.74) is 1.38. The molecule has 0 saturated heterocycles. The molecule has 1 unspecified atom stereocenters. The number of esters is 6. The topological polar surface area (TPSA) is 183 Å². The van der Waals surface area contributed by atoms with Crippen LogP contribution in [0.4, 0.5) is 0 Å². The molecular weight excluding hydrogens is 877 g/mol. The molecule has 2 fully saturated rings. The van der Waals surface area contributed by atoms with Crippen LogP contribution in [0.15, 0.2) is 121 Å². The maximum atomic E-state index is 13.7. The quantitative estimate of drug-likeness (QED) is 0.0372. The van der Waals surface area contributed by atoms with Crippen LogP contribution in [0.2, 0.25) is 0 Å². The zero-order chi connectivity index (χ0) is 47.3. The van der Waals surface area contributed by atoms with Gasteiger partial charge in [0.2, 0.25) is 0 Å². The molecule has 1 aromatic heterocycles. The second-order valence-corrected chi connectivity index (χ2v) is 17.4.